The predicted molar refractivity (Wildman–Crippen MR) is 119 cm³/mol. The van der Waals surface area contributed by atoms with Crippen molar-refractivity contribution in [2.75, 3.05) is 0 Å². The van der Waals surface area contributed by atoms with Crippen LogP contribution >= 0.6 is 15.9 Å². The minimum absolute atomic E-state index is 0.111. The number of fused-ring (bicyclic) bond motifs is 1. The largest absolute Gasteiger partial charge is 0.506 e. The fraction of sp³-hybridized carbons (Fsp3) is 0.0909. The molecule has 0 unspecified atom stereocenters. The predicted octanol–water partition coefficient (Wildman–Crippen LogP) is 6.24. The highest BCUT2D eigenvalue weighted by atomic mass is 79.9. The third-order valence-electron chi connectivity index (χ3n) is 4.62. The fourth-order valence-electron chi connectivity index (χ4n) is 3.04. The molecule has 0 aliphatic carbocycles. The van der Waals surface area contributed by atoms with E-state index in [9.17, 15) is 15.2 Å². The Kier molecular flexibility index (Phi) is 5.09. The molecule has 0 amide bonds. The second-order valence-corrected chi connectivity index (χ2v) is 7.73. The number of oxazole rings is 1. The molecular weight excluding hydrogens is 450 g/mol. The highest BCUT2D eigenvalue weighted by Crippen LogP contribution is 2.33. The quantitative estimate of drug-likeness (QED) is 0.218. The van der Waals surface area contributed by atoms with Gasteiger partial charge < -0.3 is 9.52 Å². The number of rotatable bonds is 4. The molecule has 1 aromatic heterocycles. The number of aryl methyl sites for hydroxylation is 2. The number of hydrogen-bond acceptors (Lipinski definition) is 6. The number of phenolic OH excluding ortho intramolecular Hbond substituents is 1. The zero-order valence-electron chi connectivity index (χ0n) is 16.1. The van der Waals surface area contributed by atoms with Gasteiger partial charge in [0.2, 0.25) is 5.89 Å². The van der Waals surface area contributed by atoms with Crippen LogP contribution in [0.4, 0.5) is 11.4 Å². The van der Waals surface area contributed by atoms with E-state index < -0.39 is 4.92 Å². The Morgan fingerprint density at radius 1 is 1.17 bits per heavy atom. The number of nitro benzene ring substituents is 1. The van der Waals surface area contributed by atoms with Gasteiger partial charge in [-0.2, -0.15) is 0 Å². The zero-order valence-corrected chi connectivity index (χ0v) is 17.7. The summed E-state index contributed by atoms with van der Waals surface area (Å²) in [4.78, 5) is 19.5. The molecule has 3 aromatic carbocycles. The van der Waals surface area contributed by atoms with E-state index >= 15 is 0 Å². The van der Waals surface area contributed by atoms with E-state index in [4.69, 9.17) is 4.42 Å². The van der Waals surface area contributed by atoms with Crippen molar-refractivity contribution in [1.29, 1.82) is 0 Å². The molecule has 0 spiro atoms. The minimum atomic E-state index is -0.524. The van der Waals surface area contributed by atoms with Gasteiger partial charge in [0.1, 0.15) is 11.3 Å². The number of non-ortho nitro benzene ring substituents is 1. The third-order valence-corrected chi connectivity index (χ3v) is 5.22. The average Bonchev–Trinajstić information content (AvgIpc) is 3.12. The van der Waals surface area contributed by atoms with Crippen molar-refractivity contribution >= 4 is 44.6 Å². The van der Waals surface area contributed by atoms with Gasteiger partial charge in [0.25, 0.3) is 5.69 Å². The SMILES string of the molecule is Cc1ccc2oc(-c3ccc(N=Cc4cc([N+](=O)[O-])cc(Br)c4O)c(C)c3)nc2c1. The molecule has 0 bridgehead atoms. The first kappa shape index (κ1) is 19.8. The number of aliphatic imine (C=N–C) groups is 1. The van der Waals surface area contributed by atoms with Crippen molar-refractivity contribution in [2.24, 2.45) is 4.99 Å². The van der Waals surface area contributed by atoms with Crippen molar-refractivity contribution in [3.63, 3.8) is 0 Å². The second kappa shape index (κ2) is 7.72. The van der Waals surface area contributed by atoms with Gasteiger partial charge in [0, 0.05) is 29.5 Å². The molecule has 0 aliphatic heterocycles. The molecule has 8 heteroatoms. The Labute approximate surface area is 180 Å². The Morgan fingerprint density at radius 3 is 2.70 bits per heavy atom. The third kappa shape index (κ3) is 3.81. The first-order valence-electron chi connectivity index (χ1n) is 9.01. The molecule has 0 aliphatic rings. The van der Waals surface area contributed by atoms with Crippen LogP contribution in [0, 0.1) is 24.0 Å². The molecule has 0 radical (unpaired) electrons. The topological polar surface area (TPSA) is 102 Å². The lowest BCUT2D eigenvalue weighted by molar-refractivity contribution is -0.385. The Bertz CT molecular complexity index is 1330. The van der Waals surface area contributed by atoms with Crippen LogP contribution in [0.2, 0.25) is 0 Å². The number of aromatic nitrogens is 1. The lowest BCUT2D eigenvalue weighted by Gasteiger charge is -2.04. The lowest BCUT2D eigenvalue weighted by atomic mass is 10.1. The summed E-state index contributed by atoms with van der Waals surface area (Å²) in [6.45, 7) is 3.90. The van der Waals surface area contributed by atoms with Crippen LogP contribution in [-0.2, 0) is 0 Å². The summed E-state index contributed by atoms with van der Waals surface area (Å²) in [6, 6.07) is 13.9. The van der Waals surface area contributed by atoms with Gasteiger partial charge >= 0.3 is 0 Å². The fourth-order valence-corrected chi connectivity index (χ4v) is 3.51. The number of nitrogens with zero attached hydrogens (tertiary/aromatic N) is 3. The molecule has 1 heterocycles. The first-order chi connectivity index (χ1) is 14.3. The normalized spacial score (nSPS) is 11.4. The number of phenols is 1. The van der Waals surface area contributed by atoms with Crippen LogP contribution in [0.3, 0.4) is 0 Å². The van der Waals surface area contributed by atoms with Crippen molar-refractivity contribution in [2.45, 2.75) is 13.8 Å². The molecular formula is C22H16BrN3O4. The summed E-state index contributed by atoms with van der Waals surface area (Å²) in [5, 5.41) is 21.2. The van der Waals surface area contributed by atoms with Crippen molar-refractivity contribution in [3.05, 3.63) is 79.8 Å². The number of nitro groups is 1. The smallest absolute Gasteiger partial charge is 0.271 e. The van der Waals surface area contributed by atoms with Gasteiger partial charge in [-0.25, -0.2) is 4.98 Å². The highest BCUT2D eigenvalue weighted by Gasteiger charge is 2.14. The Balaban J connectivity index is 1.66. The van der Waals surface area contributed by atoms with Crippen LogP contribution in [0.5, 0.6) is 5.75 Å². The van der Waals surface area contributed by atoms with Crippen LogP contribution < -0.4 is 0 Å². The summed E-state index contributed by atoms with van der Waals surface area (Å²) in [5.41, 5.74) is 5.09. The Hall–Kier alpha value is -3.52. The maximum Gasteiger partial charge on any atom is 0.271 e. The summed E-state index contributed by atoms with van der Waals surface area (Å²) in [5.74, 6) is 0.412. The zero-order chi connectivity index (χ0) is 21.4. The van der Waals surface area contributed by atoms with Crippen LogP contribution in [0.15, 0.2) is 62.4 Å². The van der Waals surface area contributed by atoms with Gasteiger partial charge in [0.05, 0.1) is 15.1 Å². The van der Waals surface area contributed by atoms with Crippen molar-refractivity contribution in [1.82, 2.24) is 4.98 Å². The molecule has 1 N–H and O–H groups in total. The van der Waals surface area contributed by atoms with Gasteiger partial charge in [-0.1, -0.05) is 6.07 Å². The first-order valence-corrected chi connectivity index (χ1v) is 9.80. The van der Waals surface area contributed by atoms with Crippen molar-refractivity contribution in [3.8, 4) is 17.2 Å². The molecule has 0 saturated heterocycles. The van der Waals surface area contributed by atoms with E-state index in [1.165, 1.54) is 18.3 Å². The van der Waals surface area contributed by atoms with E-state index in [2.05, 4.69) is 25.9 Å². The van der Waals surface area contributed by atoms with Crippen LogP contribution in [0.25, 0.3) is 22.6 Å². The standard InChI is InChI=1S/C22H16BrN3O4/c1-12-3-6-20-19(7-12)25-22(30-20)14-4-5-18(13(2)8-14)24-11-15-9-16(26(28)29)10-17(23)21(15)27/h3-11,27H,1-2H3. The number of aromatic hydroxyl groups is 1. The number of benzene rings is 3. The average molecular weight is 466 g/mol. The van der Waals surface area contributed by atoms with E-state index in [0.29, 0.717) is 11.6 Å². The van der Waals surface area contributed by atoms with Gasteiger partial charge in [-0.3, -0.25) is 15.1 Å². The van der Waals surface area contributed by atoms with Gasteiger partial charge in [-0.15, -0.1) is 0 Å². The van der Waals surface area contributed by atoms with E-state index in [0.717, 1.165) is 27.8 Å². The molecule has 0 fully saturated rings. The van der Waals surface area contributed by atoms with E-state index in [-0.39, 0.29) is 21.5 Å². The second-order valence-electron chi connectivity index (χ2n) is 6.87. The molecule has 7 nitrogen and oxygen atoms in total. The summed E-state index contributed by atoms with van der Waals surface area (Å²) < 4.78 is 6.08. The summed E-state index contributed by atoms with van der Waals surface area (Å²) >= 11 is 3.13. The van der Waals surface area contributed by atoms with Gasteiger partial charge in [-0.05, 0) is 71.2 Å². The van der Waals surface area contributed by atoms with Crippen LogP contribution in [0.1, 0.15) is 16.7 Å². The van der Waals surface area contributed by atoms with E-state index in [1.807, 2.05) is 50.2 Å². The molecule has 150 valence electrons. The van der Waals surface area contributed by atoms with Crippen LogP contribution in [-0.4, -0.2) is 21.2 Å². The number of hydrogen-bond donors (Lipinski definition) is 1. The molecule has 0 saturated carbocycles. The highest BCUT2D eigenvalue weighted by molar-refractivity contribution is 9.10. The Morgan fingerprint density at radius 2 is 1.97 bits per heavy atom. The summed E-state index contributed by atoms with van der Waals surface area (Å²) in [7, 11) is 0. The maximum atomic E-state index is 11.0. The lowest BCUT2D eigenvalue weighted by Crippen LogP contribution is -1.92. The maximum absolute atomic E-state index is 11.0. The van der Waals surface area contributed by atoms with E-state index in [1.54, 1.807) is 0 Å². The van der Waals surface area contributed by atoms with Gasteiger partial charge in [0.15, 0.2) is 5.58 Å². The summed E-state index contributed by atoms with van der Waals surface area (Å²) in [6.07, 6.45) is 1.40. The molecule has 0 atom stereocenters. The molecule has 4 rings (SSSR count). The van der Waals surface area contributed by atoms with Crippen molar-refractivity contribution < 1.29 is 14.4 Å². The minimum Gasteiger partial charge on any atom is -0.506 e. The molecule has 4 aromatic rings. The number of halogens is 1. The molecule has 30 heavy (non-hydrogen) atoms. The monoisotopic (exact) mass is 465 g/mol.